The van der Waals surface area contributed by atoms with E-state index < -0.39 is 0 Å². The summed E-state index contributed by atoms with van der Waals surface area (Å²) in [6.45, 7) is 29.9. The van der Waals surface area contributed by atoms with Crippen molar-refractivity contribution >= 4 is 88.7 Å². The fourth-order valence-corrected chi connectivity index (χ4v) is 14.0. The van der Waals surface area contributed by atoms with Gasteiger partial charge in [0.25, 0.3) is 6.71 Å². The molecule has 13 rings (SSSR count). The highest BCUT2D eigenvalue weighted by Crippen LogP contribution is 2.55. The molecule has 3 heterocycles. The van der Waals surface area contributed by atoms with Gasteiger partial charge in [-0.3, -0.25) is 0 Å². The van der Waals surface area contributed by atoms with E-state index in [0.29, 0.717) is 0 Å². The number of nitrogens with zero attached hydrogens (tertiary/aromatic N) is 2. The number of fused-ring (bicyclic) bond motifs is 10. The Morgan fingerprint density at radius 1 is 0.500 bits per heavy atom. The van der Waals surface area contributed by atoms with Crippen molar-refractivity contribution in [2.24, 2.45) is 0 Å². The monoisotopic (exact) mass is 1010 g/mol. The molecule has 9 aromatic carbocycles. The van der Waals surface area contributed by atoms with Gasteiger partial charge in [-0.2, -0.15) is 0 Å². The SMILES string of the molecule is Cc1cc(C)cc(-c2cc3c4c(c2)N(c2ccc(N(c5ccc(C(C)(C)C)cc5)c5ccc(C(C)(C)C)cc5)c5c2sc2ccccc25)c2cc5c(cc2B4c2cc(C(C)(C)C)ccc2O3)C(C)(C)c2ccccc2-5)c1. The molecule has 0 spiro atoms. The van der Waals surface area contributed by atoms with E-state index in [-0.39, 0.29) is 28.4 Å². The van der Waals surface area contributed by atoms with Crippen LogP contribution in [-0.2, 0) is 21.7 Å². The molecular formula is C71H67BN2OS. The minimum absolute atomic E-state index is 0.0224. The molecule has 0 saturated heterocycles. The zero-order valence-electron chi connectivity index (χ0n) is 46.5. The first-order valence-electron chi connectivity index (χ1n) is 27.3. The Hall–Kier alpha value is -7.34. The van der Waals surface area contributed by atoms with Gasteiger partial charge in [-0.05, 0) is 163 Å². The summed E-state index contributed by atoms with van der Waals surface area (Å²) in [5, 5.41) is 2.49. The van der Waals surface area contributed by atoms with Crippen molar-refractivity contribution in [2.75, 3.05) is 9.80 Å². The van der Waals surface area contributed by atoms with Crippen LogP contribution < -0.4 is 30.9 Å². The molecule has 10 aromatic rings. The van der Waals surface area contributed by atoms with Gasteiger partial charge in [0.05, 0.1) is 16.1 Å². The van der Waals surface area contributed by atoms with Gasteiger partial charge in [0.1, 0.15) is 11.5 Å². The van der Waals surface area contributed by atoms with Crippen LogP contribution in [0, 0.1) is 13.8 Å². The van der Waals surface area contributed by atoms with Gasteiger partial charge < -0.3 is 14.5 Å². The largest absolute Gasteiger partial charge is 0.458 e. The second-order valence-electron chi connectivity index (χ2n) is 25.6. The molecule has 0 fully saturated rings. The lowest BCUT2D eigenvalue weighted by Gasteiger charge is -2.41. The molecule has 1 aromatic heterocycles. The molecule has 3 aliphatic rings. The van der Waals surface area contributed by atoms with Gasteiger partial charge in [-0.1, -0.05) is 190 Å². The van der Waals surface area contributed by atoms with Crippen LogP contribution in [0.25, 0.3) is 42.4 Å². The minimum Gasteiger partial charge on any atom is -0.458 e. The normalized spacial score (nSPS) is 14.3. The van der Waals surface area contributed by atoms with Crippen molar-refractivity contribution in [3.8, 4) is 33.8 Å². The molecule has 0 unspecified atom stereocenters. The second kappa shape index (κ2) is 16.8. The van der Waals surface area contributed by atoms with Gasteiger partial charge >= 0.3 is 0 Å². The predicted octanol–water partition coefficient (Wildman–Crippen LogP) is 18.4. The third-order valence-electron chi connectivity index (χ3n) is 16.8. The molecule has 1 aliphatic carbocycles. The molecule has 376 valence electrons. The van der Waals surface area contributed by atoms with Crippen molar-refractivity contribution in [1.82, 2.24) is 0 Å². The Morgan fingerprint density at radius 2 is 1.11 bits per heavy atom. The number of ether oxygens (including phenoxy) is 1. The number of thiophene rings is 1. The summed E-state index contributed by atoms with van der Waals surface area (Å²) in [6, 6.07) is 65.3. The van der Waals surface area contributed by atoms with E-state index in [4.69, 9.17) is 4.74 Å². The zero-order valence-corrected chi connectivity index (χ0v) is 47.3. The first kappa shape index (κ1) is 48.3. The first-order valence-corrected chi connectivity index (χ1v) is 28.1. The lowest BCUT2D eigenvalue weighted by molar-refractivity contribution is 0.486. The second-order valence-corrected chi connectivity index (χ2v) is 26.7. The van der Waals surface area contributed by atoms with E-state index in [0.717, 1.165) is 45.5 Å². The highest BCUT2D eigenvalue weighted by molar-refractivity contribution is 7.26. The van der Waals surface area contributed by atoms with Crippen molar-refractivity contribution in [3.05, 3.63) is 209 Å². The maximum atomic E-state index is 7.31. The molecule has 0 bridgehead atoms. The Labute approximate surface area is 454 Å². The van der Waals surface area contributed by atoms with Crippen LogP contribution in [0.15, 0.2) is 170 Å². The third kappa shape index (κ3) is 7.59. The molecule has 0 amide bonds. The minimum atomic E-state index is -0.191. The number of aryl methyl sites for hydroxylation is 2. The number of benzene rings is 9. The maximum Gasteiger partial charge on any atom is 0.256 e. The summed E-state index contributed by atoms with van der Waals surface area (Å²) in [4.78, 5) is 5.13. The molecule has 2 aliphatic heterocycles. The quantitative estimate of drug-likeness (QED) is 0.160. The van der Waals surface area contributed by atoms with Gasteiger partial charge in [-0.15, -0.1) is 11.3 Å². The van der Waals surface area contributed by atoms with Crippen molar-refractivity contribution in [3.63, 3.8) is 0 Å². The summed E-state index contributed by atoms with van der Waals surface area (Å²) in [5.41, 5.74) is 24.6. The van der Waals surface area contributed by atoms with E-state index in [1.54, 1.807) is 0 Å². The number of hydrogen-bond acceptors (Lipinski definition) is 4. The smallest absolute Gasteiger partial charge is 0.256 e. The lowest BCUT2D eigenvalue weighted by atomic mass is 9.33. The van der Waals surface area contributed by atoms with Gasteiger partial charge in [-0.25, -0.2) is 0 Å². The summed E-state index contributed by atoms with van der Waals surface area (Å²) in [7, 11) is 0. The van der Waals surface area contributed by atoms with E-state index in [1.165, 1.54) is 97.9 Å². The molecule has 76 heavy (non-hydrogen) atoms. The third-order valence-corrected chi connectivity index (χ3v) is 18.0. The fourth-order valence-electron chi connectivity index (χ4n) is 12.8. The lowest BCUT2D eigenvalue weighted by Crippen LogP contribution is -2.60. The summed E-state index contributed by atoms with van der Waals surface area (Å²) < 4.78 is 9.81. The predicted molar refractivity (Wildman–Crippen MR) is 328 cm³/mol. The average Bonchev–Trinajstić information content (AvgIpc) is 4.07. The highest BCUT2D eigenvalue weighted by atomic mass is 32.1. The Kier molecular flexibility index (Phi) is 10.7. The zero-order chi connectivity index (χ0) is 53.0. The molecule has 0 N–H and O–H groups in total. The summed E-state index contributed by atoms with van der Waals surface area (Å²) in [6.07, 6.45) is 0. The van der Waals surface area contributed by atoms with Crippen molar-refractivity contribution in [1.29, 1.82) is 0 Å². The number of hydrogen-bond donors (Lipinski definition) is 0. The van der Waals surface area contributed by atoms with E-state index in [2.05, 4.69) is 270 Å². The molecule has 0 saturated carbocycles. The van der Waals surface area contributed by atoms with Gasteiger partial charge in [0.15, 0.2) is 0 Å². The van der Waals surface area contributed by atoms with Gasteiger partial charge in [0, 0.05) is 43.6 Å². The van der Waals surface area contributed by atoms with Crippen LogP contribution in [0.4, 0.5) is 34.1 Å². The first-order chi connectivity index (χ1) is 36.1. The van der Waals surface area contributed by atoms with E-state index in [1.807, 2.05) is 11.3 Å². The Morgan fingerprint density at radius 3 is 1.76 bits per heavy atom. The number of rotatable bonds is 5. The Bertz CT molecular complexity index is 3950. The highest BCUT2D eigenvalue weighted by Gasteiger charge is 2.46. The molecule has 0 radical (unpaired) electrons. The standard InChI is InChI=1S/C71H67BN2OS/c1-42-34-43(2)36-44(35-42)45-37-61-66-63(38-45)75-62-33-26-48(70(9,10)11)39-57(62)72(66)56-41-55-53(51-18-14-16-20-54(51)71(55,12)13)40-60(56)74(61)59-32-31-58(65-52-19-15-17-21-64(52)76-67(59)65)73(49-27-22-46(23-28-49)68(3,4)5)50-29-24-47(25-30-50)69(6,7)8/h14-41H,1-13H3. The van der Waals surface area contributed by atoms with Crippen LogP contribution in [0.3, 0.4) is 0 Å². The average molecular weight is 1010 g/mol. The van der Waals surface area contributed by atoms with Crippen LogP contribution in [0.2, 0.25) is 0 Å². The van der Waals surface area contributed by atoms with Crippen LogP contribution in [0.5, 0.6) is 11.5 Å². The van der Waals surface area contributed by atoms with Crippen LogP contribution >= 0.6 is 11.3 Å². The molecule has 3 nitrogen and oxygen atoms in total. The summed E-state index contributed by atoms with van der Waals surface area (Å²) in [5.74, 6) is 1.85. The maximum absolute atomic E-state index is 7.31. The molecule has 5 heteroatoms. The van der Waals surface area contributed by atoms with Gasteiger partial charge in [0.2, 0.25) is 0 Å². The van der Waals surface area contributed by atoms with E-state index in [9.17, 15) is 0 Å². The van der Waals surface area contributed by atoms with Crippen molar-refractivity contribution in [2.45, 2.75) is 112 Å². The fraction of sp³-hybridized carbons (Fsp3) is 0.239. The van der Waals surface area contributed by atoms with Crippen LogP contribution in [0.1, 0.15) is 115 Å². The number of anilines is 6. The van der Waals surface area contributed by atoms with E-state index >= 15 is 0 Å². The topological polar surface area (TPSA) is 15.7 Å². The Balaban J connectivity index is 1.13. The summed E-state index contributed by atoms with van der Waals surface area (Å²) >= 11 is 1.90. The van der Waals surface area contributed by atoms with Crippen molar-refractivity contribution < 1.29 is 4.74 Å². The molecule has 0 atom stereocenters. The molecular weight excluding hydrogens is 940 g/mol. The van der Waals surface area contributed by atoms with Crippen LogP contribution in [-0.4, -0.2) is 6.71 Å².